The van der Waals surface area contributed by atoms with Crippen LogP contribution in [0, 0.1) is 0 Å². The molecular weight excluding hydrogens is 280 g/mol. The fourth-order valence-corrected chi connectivity index (χ4v) is 2.28. The summed E-state index contributed by atoms with van der Waals surface area (Å²) in [5, 5.41) is 18.8. The van der Waals surface area contributed by atoms with Crippen LogP contribution in [0.15, 0.2) is 24.3 Å². The highest BCUT2D eigenvalue weighted by Crippen LogP contribution is 2.22. The molecule has 1 amide bonds. The van der Waals surface area contributed by atoms with E-state index in [1.165, 1.54) is 12.1 Å². The van der Waals surface area contributed by atoms with Gasteiger partial charge < -0.3 is 20.8 Å². The maximum absolute atomic E-state index is 12.0. The molecule has 1 unspecified atom stereocenters. The van der Waals surface area contributed by atoms with E-state index in [1.807, 2.05) is 0 Å². The van der Waals surface area contributed by atoms with E-state index in [1.54, 1.807) is 23.1 Å². The molecule has 1 fully saturated rings. The topological polar surface area (TPSA) is 86.8 Å². The molecule has 6 heteroatoms. The second kappa shape index (κ2) is 7.17. The van der Waals surface area contributed by atoms with Crippen LogP contribution in [0.2, 0.25) is 0 Å². The summed E-state index contributed by atoms with van der Waals surface area (Å²) in [6, 6.07) is 4.60. The number of nitrogen functional groups attached to an aromatic ring is 1. The molecule has 0 aliphatic carbocycles. The highest BCUT2D eigenvalue weighted by molar-refractivity contribution is 5.92. The van der Waals surface area contributed by atoms with Gasteiger partial charge in [0.25, 0.3) is 0 Å². The summed E-state index contributed by atoms with van der Waals surface area (Å²) < 4.78 is 0. The van der Waals surface area contributed by atoms with Crippen LogP contribution < -0.4 is 5.73 Å². The number of nitrogens with two attached hydrogens (primary N) is 1. The van der Waals surface area contributed by atoms with Crippen LogP contribution in [-0.4, -0.2) is 40.2 Å². The number of carbonyl (C=O) groups is 1. The second-order valence-electron chi connectivity index (χ2n) is 4.66. The van der Waals surface area contributed by atoms with Crippen molar-refractivity contribution in [2.75, 3.05) is 18.9 Å². The van der Waals surface area contributed by atoms with E-state index in [-0.39, 0.29) is 36.7 Å². The molecule has 1 aliphatic rings. The highest BCUT2D eigenvalue weighted by atomic mass is 35.5. The molecular formula is C14H19ClN2O3. The van der Waals surface area contributed by atoms with Gasteiger partial charge in [-0.3, -0.25) is 4.79 Å². The van der Waals surface area contributed by atoms with Crippen LogP contribution in [0.5, 0.6) is 5.75 Å². The molecule has 0 saturated carbocycles. The van der Waals surface area contributed by atoms with Crippen LogP contribution >= 0.6 is 12.4 Å². The normalized spacial score (nSPS) is 18.2. The average molecular weight is 299 g/mol. The maximum Gasteiger partial charge on any atom is 0.246 e. The minimum absolute atomic E-state index is 0. The van der Waals surface area contributed by atoms with Gasteiger partial charge in [-0.1, -0.05) is 0 Å². The first kappa shape index (κ1) is 16.3. The van der Waals surface area contributed by atoms with Gasteiger partial charge in [0.15, 0.2) is 0 Å². The number of phenols is 1. The number of halogens is 1. The molecule has 0 spiro atoms. The van der Waals surface area contributed by atoms with Gasteiger partial charge in [0, 0.05) is 23.9 Å². The third-order valence-corrected chi connectivity index (χ3v) is 3.33. The number of likely N-dealkylation sites (tertiary alicyclic amines) is 1. The average Bonchev–Trinajstić information content (AvgIpc) is 2.88. The van der Waals surface area contributed by atoms with Gasteiger partial charge in [-0.2, -0.15) is 0 Å². The van der Waals surface area contributed by atoms with Crippen LogP contribution in [0.3, 0.4) is 0 Å². The lowest BCUT2D eigenvalue weighted by molar-refractivity contribution is -0.127. The van der Waals surface area contributed by atoms with Gasteiger partial charge >= 0.3 is 0 Å². The Morgan fingerprint density at radius 2 is 2.25 bits per heavy atom. The Bertz CT molecular complexity index is 505. The molecule has 1 aromatic rings. The van der Waals surface area contributed by atoms with Crippen molar-refractivity contribution in [3.05, 3.63) is 29.8 Å². The fourth-order valence-electron chi connectivity index (χ4n) is 2.28. The van der Waals surface area contributed by atoms with Crippen LogP contribution in [-0.2, 0) is 4.79 Å². The van der Waals surface area contributed by atoms with Gasteiger partial charge in [0.1, 0.15) is 5.75 Å². The van der Waals surface area contributed by atoms with E-state index >= 15 is 0 Å². The monoisotopic (exact) mass is 298 g/mol. The molecule has 2 rings (SSSR count). The predicted octanol–water partition coefficient (Wildman–Crippen LogP) is 1.39. The number of aliphatic hydroxyl groups excluding tert-OH is 1. The number of hydrogen-bond acceptors (Lipinski definition) is 4. The number of aromatic hydroxyl groups is 1. The number of amides is 1. The summed E-state index contributed by atoms with van der Waals surface area (Å²) in [5.74, 6) is -0.0724. The summed E-state index contributed by atoms with van der Waals surface area (Å²) in [7, 11) is 0. The molecule has 5 nitrogen and oxygen atoms in total. The van der Waals surface area contributed by atoms with Crippen molar-refractivity contribution < 1.29 is 15.0 Å². The van der Waals surface area contributed by atoms with E-state index < -0.39 is 0 Å². The molecule has 20 heavy (non-hydrogen) atoms. The van der Waals surface area contributed by atoms with E-state index in [0.29, 0.717) is 17.8 Å². The van der Waals surface area contributed by atoms with Gasteiger partial charge in [0.05, 0.1) is 12.6 Å². The summed E-state index contributed by atoms with van der Waals surface area (Å²) in [6.07, 6.45) is 4.69. The standard InChI is InChI=1S/C14H18N2O3.ClH/c15-11-4-5-13(18)10(8-11)3-6-14(19)16-7-1-2-12(16)9-17;/h3-6,8,12,17-18H,1-2,7,9,15H2;1H. The van der Waals surface area contributed by atoms with Crippen LogP contribution in [0.1, 0.15) is 18.4 Å². The lowest BCUT2D eigenvalue weighted by Crippen LogP contribution is -2.36. The lowest BCUT2D eigenvalue weighted by Gasteiger charge is -2.21. The first-order valence-electron chi connectivity index (χ1n) is 6.30. The second-order valence-corrected chi connectivity index (χ2v) is 4.66. The number of anilines is 1. The van der Waals surface area contributed by atoms with Crippen LogP contribution in [0.4, 0.5) is 5.69 Å². The number of rotatable bonds is 3. The molecule has 0 aromatic heterocycles. The fraction of sp³-hybridized carbons (Fsp3) is 0.357. The Morgan fingerprint density at radius 3 is 2.95 bits per heavy atom. The number of carbonyl (C=O) groups excluding carboxylic acids is 1. The van der Waals surface area contributed by atoms with E-state index in [0.717, 1.165) is 12.8 Å². The summed E-state index contributed by atoms with van der Waals surface area (Å²) >= 11 is 0. The minimum atomic E-state index is -0.154. The molecule has 4 N–H and O–H groups in total. The van der Waals surface area contributed by atoms with E-state index in [9.17, 15) is 15.0 Å². The molecule has 0 radical (unpaired) electrons. The first-order valence-corrected chi connectivity index (χ1v) is 6.30. The van der Waals surface area contributed by atoms with Crippen molar-refractivity contribution in [3.63, 3.8) is 0 Å². The summed E-state index contributed by atoms with van der Waals surface area (Å²) in [5.41, 5.74) is 6.66. The number of nitrogens with zero attached hydrogens (tertiary/aromatic N) is 1. The zero-order chi connectivity index (χ0) is 13.8. The van der Waals surface area contributed by atoms with E-state index in [2.05, 4.69) is 0 Å². The Balaban J connectivity index is 0.00000200. The highest BCUT2D eigenvalue weighted by Gasteiger charge is 2.26. The molecule has 1 saturated heterocycles. The number of phenolic OH excluding ortho intramolecular Hbond substituents is 1. The van der Waals surface area contributed by atoms with Crippen molar-refractivity contribution in [2.24, 2.45) is 0 Å². The molecule has 1 aromatic carbocycles. The Kier molecular flexibility index (Phi) is 5.85. The lowest BCUT2D eigenvalue weighted by atomic mass is 10.1. The Hall–Kier alpha value is -1.72. The number of benzene rings is 1. The molecule has 1 heterocycles. The third-order valence-electron chi connectivity index (χ3n) is 3.33. The maximum atomic E-state index is 12.0. The van der Waals surface area contributed by atoms with Gasteiger partial charge in [0.2, 0.25) is 5.91 Å². The van der Waals surface area contributed by atoms with Gasteiger partial charge in [-0.15, -0.1) is 12.4 Å². The van der Waals surface area contributed by atoms with Crippen molar-refractivity contribution in [3.8, 4) is 5.75 Å². The van der Waals surface area contributed by atoms with Crippen molar-refractivity contribution >= 4 is 30.1 Å². The molecule has 0 bridgehead atoms. The number of aliphatic hydroxyl groups is 1. The molecule has 110 valence electrons. The largest absolute Gasteiger partial charge is 0.507 e. The van der Waals surface area contributed by atoms with Gasteiger partial charge in [-0.05, 0) is 37.1 Å². The quantitative estimate of drug-likeness (QED) is 0.447. The Labute approximate surface area is 124 Å². The first-order chi connectivity index (χ1) is 9.11. The zero-order valence-corrected chi connectivity index (χ0v) is 11.8. The van der Waals surface area contributed by atoms with Crippen LogP contribution in [0.25, 0.3) is 6.08 Å². The number of hydrogen-bond donors (Lipinski definition) is 3. The SMILES string of the molecule is Cl.Nc1ccc(O)c(C=CC(=O)N2CCCC2CO)c1. The zero-order valence-electron chi connectivity index (χ0n) is 11.0. The molecule has 1 aliphatic heterocycles. The van der Waals surface area contributed by atoms with Gasteiger partial charge in [-0.25, -0.2) is 0 Å². The molecule has 1 atom stereocenters. The smallest absolute Gasteiger partial charge is 0.246 e. The van der Waals surface area contributed by atoms with E-state index in [4.69, 9.17) is 5.73 Å². The summed E-state index contributed by atoms with van der Waals surface area (Å²) in [6.45, 7) is 0.653. The summed E-state index contributed by atoms with van der Waals surface area (Å²) in [4.78, 5) is 13.7. The van der Waals surface area contributed by atoms with Crippen molar-refractivity contribution in [1.29, 1.82) is 0 Å². The minimum Gasteiger partial charge on any atom is -0.507 e. The third kappa shape index (κ3) is 3.65. The van der Waals surface area contributed by atoms with Crippen molar-refractivity contribution in [1.82, 2.24) is 4.90 Å². The predicted molar refractivity (Wildman–Crippen MR) is 80.6 cm³/mol. The van der Waals surface area contributed by atoms with Crippen molar-refractivity contribution in [2.45, 2.75) is 18.9 Å². The Morgan fingerprint density at radius 1 is 1.50 bits per heavy atom.